The van der Waals surface area contributed by atoms with Gasteiger partial charge in [-0.15, -0.1) is 10.2 Å². The molecule has 1 rings (SSSR count). The van der Waals surface area contributed by atoms with Gasteiger partial charge in [-0.3, -0.25) is 15.0 Å². The highest BCUT2D eigenvalue weighted by Gasteiger charge is 2.55. The third-order valence-corrected chi connectivity index (χ3v) is 3.78. The first-order chi connectivity index (χ1) is 11.9. The Morgan fingerprint density at radius 3 is 1.64 bits per heavy atom. The minimum Gasteiger partial charge on any atom is -0.480 e. The molecular weight excluding hydrogens is 320 g/mol. The minimum atomic E-state index is -1.60. The number of aliphatic carboxylic acids is 1. The molecule has 7 heteroatoms. The van der Waals surface area contributed by atoms with Gasteiger partial charge in [0.15, 0.2) is 0 Å². The molecule has 0 spiro atoms. The van der Waals surface area contributed by atoms with Crippen LogP contribution < -0.4 is 5.43 Å². The maximum atomic E-state index is 13.2. The monoisotopic (exact) mass is 344 g/mol. The number of hydrogen-bond donors (Lipinski definition) is 2. The van der Waals surface area contributed by atoms with Gasteiger partial charge in [0.2, 0.25) is 0 Å². The maximum Gasteiger partial charge on any atom is 0.319 e. The Bertz CT molecular complexity index is 676. The van der Waals surface area contributed by atoms with Crippen molar-refractivity contribution in [3.05, 3.63) is 61.3 Å². The van der Waals surface area contributed by atoms with Crippen LogP contribution in [0.15, 0.2) is 61.3 Å². The lowest BCUT2D eigenvalue weighted by atomic mass is 9.61. The number of amides is 1. The lowest BCUT2D eigenvalue weighted by Crippen LogP contribution is -2.51. The first-order valence-electron chi connectivity index (χ1n) is 7.89. The molecule has 25 heavy (non-hydrogen) atoms. The summed E-state index contributed by atoms with van der Waals surface area (Å²) in [5, 5.41) is 17.3. The van der Waals surface area contributed by atoms with Crippen molar-refractivity contribution in [3.63, 3.8) is 0 Å². The van der Waals surface area contributed by atoms with Gasteiger partial charge in [0.05, 0.1) is 0 Å². The first-order valence-corrected chi connectivity index (χ1v) is 7.89. The van der Waals surface area contributed by atoms with E-state index in [-0.39, 0.29) is 0 Å². The summed E-state index contributed by atoms with van der Waals surface area (Å²) in [5.41, 5.74) is -0.469. The molecule has 1 aromatic heterocycles. The molecule has 0 atom stereocenters. The predicted molar refractivity (Wildman–Crippen MR) is 96.1 cm³/mol. The van der Waals surface area contributed by atoms with Crippen LogP contribution in [0.1, 0.15) is 27.7 Å². The number of carboxylic acid groups (broad SMARTS) is 1. The zero-order chi connectivity index (χ0) is 18.9. The molecule has 1 heterocycles. The lowest BCUT2D eigenvalue weighted by Gasteiger charge is -2.39. The van der Waals surface area contributed by atoms with Crippen molar-refractivity contribution >= 4 is 11.9 Å². The Hall–Kier alpha value is -2.96. The third-order valence-electron chi connectivity index (χ3n) is 3.78. The average Bonchev–Trinajstić information content (AvgIpc) is 3.06. The van der Waals surface area contributed by atoms with E-state index in [2.05, 4.69) is 15.6 Å². The molecule has 1 amide bonds. The fourth-order valence-electron chi connectivity index (χ4n) is 2.84. The average molecular weight is 344 g/mol. The number of rotatable bonds is 8. The van der Waals surface area contributed by atoms with E-state index in [1.807, 2.05) is 0 Å². The van der Waals surface area contributed by atoms with Gasteiger partial charge in [0.1, 0.15) is 23.5 Å². The number of carbonyl (C=O) groups excluding carboxylic acids is 1. The van der Waals surface area contributed by atoms with Gasteiger partial charge in [-0.25, -0.2) is 4.68 Å². The van der Waals surface area contributed by atoms with Gasteiger partial charge in [-0.1, -0.05) is 48.6 Å². The molecule has 7 nitrogen and oxygen atoms in total. The van der Waals surface area contributed by atoms with Gasteiger partial charge in [0, 0.05) is 0 Å². The van der Waals surface area contributed by atoms with E-state index in [9.17, 15) is 14.7 Å². The molecule has 0 aliphatic heterocycles. The minimum absolute atomic E-state index is 0.526. The Morgan fingerprint density at radius 2 is 1.28 bits per heavy atom. The van der Waals surface area contributed by atoms with Crippen molar-refractivity contribution in [1.29, 1.82) is 0 Å². The normalized spacial score (nSPS) is 17.3. The molecule has 0 aliphatic rings. The fourth-order valence-corrected chi connectivity index (χ4v) is 2.84. The second kappa shape index (κ2) is 8.77. The highest BCUT2D eigenvalue weighted by Crippen LogP contribution is 2.46. The van der Waals surface area contributed by atoms with Crippen LogP contribution in [0.25, 0.3) is 0 Å². The van der Waals surface area contributed by atoms with E-state index in [4.69, 9.17) is 0 Å². The number of nitrogens with one attached hydrogen (secondary N) is 1. The molecule has 0 unspecified atom stereocenters. The molecule has 0 radical (unpaired) electrons. The van der Waals surface area contributed by atoms with Crippen molar-refractivity contribution in [2.45, 2.75) is 27.7 Å². The number of carbonyl (C=O) groups is 2. The summed E-state index contributed by atoms with van der Waals surface area (Å²) in [6.07, 6.45) is 15.4. The lowest BCUT2D eigenvalue weighted by molar-refractivity contribution is -0.150. The number of carboxylic acids is 1. The summed E-state index contributed by atoms with van der Waals surface area (Å²) in [5.74, 6) is -1.67. The zero-order valence-corrected chi connectivity index (χ0v) is 14.9. The molecule has 0 bridgehead atoms. The molecule has 0 saturated heterocycles. The highest BCUT2D eigenvalue weighted by molar-refractivity contribution is 6.00. The SMILES string of the molecule is CC=CC(C=CC)(C(=O)O)C(C=CC)(C=CC)C(=O)Nn1cnnc1. The van der Waals surface area contributed by atoms with Crippen LogP contribution in [0.3, 0.4) is 0 Å². The summed E-state index contributed by atoms with van der Waals surface area (Å²) in [4.78, 5) is 25.5. The van der Waals surface area contributed by atoms with Gasteiger partial charge in [-0.05, 0) is 27.7 Å². The van der Waals surface area contributed by atoms with Crippen LogP contribution in [-0.2, 0) is 9.59 Å². The van der Waals surface area contributed by atoms with Crippen LogP contribution in [-0.4, -0.2) is 31.9 Å². The Labute approximate surface area is 147 Å². The summed E-state index contributed by atoms with van der Waals surface area (Å²) < 4.78 is 1.28. The van der Waals surface area contributed by atoms with E-state index in [1.54, 1.807) is 64.2 Å². The third kappa shape index (κ3) is 3.76. The van der Waals surface area contributed by atoms with Gasteiger partial charge in [0.25, 0.3) is 5.91 Å². The quantitative estimate of drug-likeness (QED) is 0.707. The molecule has 0 aromatic carbocycles. The Morgan fingerprint density at radius 1 is 0.880 bits per heavy atom. The first kappa shape index (κ1) is 20.1. The topological polar surface area (TPSA) is 97.1 Å². The summed E-state index contributed by atoms with van der Waals surface area (Å²) in [7, 11) is 0. The summed E-state index contributed by atoms with van der Waals surface area (Å²) in [6.45, 7) is 6.91. The summed E-state index contributed by atoms with van der Waals surface area (Å²) in [6, 6.07) is 0. The van der Waals surface area contributed by atoms with Crippen molar-refractivity contribution in [2.75, 3.05) is 5.43 Å². The van der Waals surface area contributed by atoms with Crippen LogP contribution in [0, 0.1) is 10.8 Å². The van der Waals surface area contributed by atoms with Crippen molar-refractivity contribution < 1.29 is 14.7 Å². The standard InChI is InChI=1S/C18H24N4O3/c1-5-9-17(10-6-2,15(23)21-22-13-19-20-14-22)18(11-7-3,12-8-4)16(24)25/h5-14H,1-4H3,(H,21,23)(H,24,25). The molecule has 0 aliphatic carbocycles. The largest absolute Gasteiger partial charge is 0.480 e. The van der Waals surface area contributed by atoms with Crippen molar-refractivity contribution in [1.82, 2.24) is 14.9 Å². The van der Waals surface area contributed by atoms with E-state index < -0.39 is 22.7 Å². The number of aromatic nitrogens is 3. The molecule has 2 N–H and O–H groups in total. The maximum absolute atomic E-state index is 13.2. The summed E-state index contributed by atoms with van der Waals surface area (Å²) >= 11 is 0. The smallest absolute Gasteiger partial charge is 0.319 e. The van der Waals surface area contributed by atoms with E-state index >= 15 is 0 Å². The number of allylic oxidation sites excluding steroid dienone is 4. The van der Waals surface area contributed by atoms with Crippen LogP contribution in [0.2, 0.25) is 0 Å². The molecule has 1 aromatic rings. The van der Waals surface area contributed by atoms with E-state index in [1.165, 1.54) is 29.5 Å². The Kier molecular flexibility index (Phi) is 7.05. The number of nitrogens with zero attached hydrogens (tertiary/aromatic N) is 3. The predicted octanol–water partition coefficient (Wildman–Crippen LogP) is 2.71. The second-order valence-electron chi connectivity index (χ2n) is 5.35. The fraction of sp³-hybridized carbons (Fsp3) is 0.333. The van der Waals surface area contributed by atoms with E-state index in [0.29, 0.717) is 0 Å². The second-order valence-corrected chi connectivity index (χ2v) is 5.35. The van der Waals surface area contributed by atoms with E-state index in [0.717, 1.165) is 0 Å². The molecule has 134 valence electrons. The van der Waals surface area contributed by atoms with Crippen molar-refractivity contribution in [3.8, 4) is 0 Å². The zero-order valence-electron chi connectivity index (χ0n) is 14.9. The van der Waals surface area contributed by atoms with Crippen LogP contribution >= 0.6 is 0 Å². The Balaban J connectivity index is 3.72. The molecule has 0 saturated carbocycles. The van der Waals surface area contributed by atoms with Gasteiger partial charge < -0.3 is 5.11 Å². The van der Waals surface area contributed by atoms with Gasteiger partial charge >= 0.3 is 5.97 Å². The van der Waals surface area contributed by atoms with Gasteiger partial charge in [-0.2, -0.15) is 0 Å². The number of hydrogen-bond acceptors (Lipinski definition) is 4. The molecular formula is C18H24N4O3. The molecule has 0 fully saturated rings. The highest BCUT2D eigenvalue weighted by atomic mass is 16.4. The van der Waals surface area contributed by atoms with Crippen molar-refractivity contribution in [2.24, 2.45) is 10.8 Å². The van der Waals surface area contributed by atoms with Crippen LogP contribution in [0.4, 0.5) is 0 Å². The van der Waals surface area contributed by atoms with Crippen LogP contribution in [0.5, 0.6) is 0 Å².